The second-order valence-electron chi connectivity index (χ2n) is 3.02. The van der Waals surface area contributed by atoms with E-state index in [1.165, 1.54) is 0 Å². The van der Waals surface area contributed by atoms with E-state index in [-0.39, 0.29) is 13.5 Å². The Balaban J connectivity index is 2.34. The molecule has 0 bridgehead atoms. The molecule has 0 aromatic heterocycles. The fourth-order valence-corrected chi connectivity index (χ4v) is 1.41. The van der Waals surface area contributed by atoms with Gasteiger partial charge in [0.15, 0.2) is 0 Å². The molecule has 1 rings (SSSR count). The molecule has 1 atom stereocenters. The van der Waals surface area contributed by atoms with Crippen molar-refractivity contribution in [2.75, 3.05) is 33.1 Å². The van der Waals surface area contributed by atoms with Gasteiger partial charge >= 0.3 is 0 Å². The Kier molecular flexibility index (Phi) is 3.26. The van der Waals surface area contributed by atoms with Crippen molar-refractivity contribution in [3.05, 3.63) is 0 Å². The summed E-state index contributed by atoms with van der Waals surface area (Å²) in [5.41, 5.74) is 0. The van der Waals surface area contributed by atoms with Crippen LogP contribution in [-0.4, -0.2) is 59.2 Å². The molecule has 66 valence electrons. The zero-order valence-corrected chi connectivity index (χ0v) is 6.90. The van der Waals surface area contributed by atoms with Crippen LogP contribution in [0.1, 0.15) is 6.92 Å². The van der Waals surface area contributed by atoms with Crippen molar-refractivity contribution >= 4 is 0 Å². The lowest BCUT2D eigenvalue weighted by Crippen LogP contribution is -2.52. The predicted octanol–water partition coefficient (Wildman–Crippen LogP) is -1.11. The maximum atomic E-state index is 8.87. The Morgan fingerprint density at radius 2 is 2.00 bits per heavy atom. The van der Waals surface area contributed by atoms with Gasteiger partial charge in [-0.3, -0.25) is 9.80 Å². The van der Waals surface area contributed by atoms with Crippen LogP contribution < -0.4 is 0 Å². The molecule has 0 aliphatic carbocycles. The van der Waals surface area contributed by atoms with Crippen LogP contribution in [0.3, 0.4) is 0 Å². The van der Waals surface area contributed by atoms with Gasteiger partial charge in [-0.1, -0.05) is 0 Å². The van der Waals surface area contributed by atoms with Crippen LogP contribution in [0.25, 0.3) is 0 Å². The molecule has 0 aromatic rings. The van der Waals surface area contributed by atoms with E-state index in [0.29, 0.717) is 6.04 Å². The molecule has 1 unspecified atom stereocenters. The van der Waals surface area contributed by atoms with Crippen molar-refractivity contribution in [2.45, 2.75) is 13.0 Å². The molecule has 2 N–H and O–H groups in total. The highest BCUT2D eigenvalue weighted by Gasteiger charge is 2.21. The molecule has 1 aliphatic heterocycles. The maximum absolute atomic E-state index is 8.87. The summed E-state index contributed by atoms with van der Waals surface area (Å²) in [6.45, 7) is 4.85. The molecule has 1 saturated heterocycles. The quantitative estimate of drug-likeness (QED) is 0.538. The molecule has 0 aromatic carbocycles. The summed E-state index contributed by atoms with van der Waals surface area (Å²) in [4.78, 5) is 3.96. The highest BCUT2D eigenvalue weighted by molar-refractivity contribution is 4.75. The first-order valence-electron chi connectivity index (χ1n) is 3.96. The topological polar surface area (TPSA) is 46.9 Å². The molecule has 0 radical (unpaired) electrons. The molecule has 0 amide bonds. The maximum Gasteiger partial charge on any atom is 0.0959 e. The molecule has 1 aliphatic rings. The van der Waals surface area contributed by atoms with Gasteiger partial charge in [-0.15, -0.1) is 0 Å². The molecule has 0 spiro atoms. The molecule has 1 fully saturated rings. The van der Waals surface area contributed by atoms with Crippen molar-refractivity contribution in [3.63, 3.8) is 0 Å². The molecule has 1 heterocycles. The van der Waals surface area contributed by atoms with E-state index in [1.807, 2.05) is 9.80 Å². The Hall–Kier alpha value is -0.160. The smallest absolute Gasteiger partial charge is 0.0959 e. The normalized spacial score (nSPS) is 29.2. The number of rotatable bonds is 2. The summed E-state index contributed by atoms with van der Waals surface area (Å²) >= 11 is 0. The minimum Gasteiger partial charge on any atom is -0.381 e. The summed E-state index contributed by atoms with van der Waals surface area (Å²) in [6.07, 6.45) is 0. The van der Waals surface area contributed by atoms with Gasteiger partial charge in [-0.25, -0.2) is 0 Å². The van der Waals surface area contributed by atoms with Gasteiger partial charge in [-0.05, 0) is 6.92 Å². The SMILES string of the molecule is CC1CN(CO)CCN1CO. The Labute approximate surface area is 67.0 Å². The van der Waals surface area contributed by atoms with Crippen LogP contribution in [0.5, 0.6) is 0 Å². The monoisotopic (exact) mass is 160 g/mol. The number of piperazine rings is 1. The van der Waals surface area contributed by atoms with E-state index in [9.17, 15) is 0 Å². The van der Waals surface area contributed by atoms with Gasteiger partial charge in [-0.2, -0.15) is 0 Å². The number of aliphatic hydroxyl groups is 2. The van der Waals surface area contributed by atoms with Gasteiger partial charge in [0, 0.05) is 25.7 Å². The zero-order chi connectivity index (χ0) is 8.27. The standard InChI is InChI=1S/C7H16N2O2/c1-7-4-8(5-10)2-3-9(7)6-11/h7,10-11H,2-6H2,1H3. The molecule has 4 nitrogen and oxygen atoms in total. The first kappa shape index (κ1) is 8.93. The second kappa shape index (κ2) is 4.01. The van der Waals surface area contributed by atoms with Crippen LogP contribution >= 0.6 is 0 Å². The molecular formula is C7H16N2O2. The number of hydrogen-bond donors (Lipinski definition) is 2. The van der Waals surface area contributed by atoms with Crippen LogP contribution in [-0.2, 0) is 0 Å². The van der Waals surface area contributed by atoms with Crippen molar-refractivity contribution in [3.8, 4) is 0 Å². The lowest BCUT2D eigenvalue weighted by Gasteiger charge is -2.37. The average molecular weight is 160 g/mol. The summed E-state index contributed by atoms with van der Waals surface area (Å²) in [6, 6.07) is 0.348. The van der Waals surface area contributed by atoms with E-state index in [1.54, 1.807) is 0 Å². The van der Waals surface area contributed by atoms with Gasteiger partial charge < -0.3 is 10.2 Å². The van der Waals surface area contributed by atoms with Crippen molar-refractivity contribution in [1.82, 2.24) is 9.80 Å². The number of hydrogen-bond acceptors (Lipinski definition) is 4. The fourth-order valence-electron chi connectivity index (χ4n) is 1.41. The second-order valence-corrected chi connectivity index (χ2v) is 3.02. The largest absolute Gasteiger partial charge is 0.381 e. The molecule has 4 heteroatoms. The molecule has 11 heavy (non-hydrogen) atoms. The third kappa shape index (κ3) is 2.13. The van der Waals surface area contributed by atoms with Crippen LogP contribution in [0.15, 0.2) is 0 Å². The lowest BCUT2D eigenvalue weighted by molar-refractivity contribution is -0.0122. The van der Waals surface area contributed by atoms with E-state index in [2.05, 4.69) is 6.92 Å². The van der Waals surface area contributed by atoms with Gasteiger partial charge in [0.25, 0.3) is 0 Å². The summed E-state index contributed by atoms with van der Waals surface area (Å²) < 4.78 is 0. The molecule has 0 saturated carbocycles. The van der Waals surface area contributed by atoms with Crippen LogP contribution in [0.2, 0.25) is 0 Å². The first-order chi connectivity index (χ1) is 5.27. The van der Waals surface area contributed by atoms with E-state index in [4.69, 9.17) is 10.2 Å². The first-order valence-corrected chi connectivity index (χ1v) is 3.96. The average Bonchev–Trinajstić information content (AvgIpc) is 2.04. The summed E-state index contributed by atoms with van der Waals surface area (Å²) in [5, 5.41) is 17.7. The Bertz CT molecular complexity index is 121. The minimum atomic E-state index is 0.125. The lowest BCUT2D eigenvalue weighted by atomic mass is 10.2. The van der Waals surface area contributed by atoms with Crippen molar-refractivity contribution < 1.29 is 10.2 Å². The summed E-state index contributed by atoms with van der Waals surface area (Å²) in [7, 11) is 0. The highest BCUT2D eigenvalue weighted by Crippen LogP contribution is 2.06. The van der Waals surface area contributed by atoms with E-state index in [0.717, 1.165) is 19.6 Å². The number of aliphatic hydroxyl groups excluding tert-OH is 2. The zero-order valence-electron chi connectivity index (χ0n) is 6.90. The van der Waals surface area contributed by atoms with Crippen molar-refractivity contribution in [1.29, 1.82) is 0 Å². The van der Waals surface area contributed by atoms with E-state index >= 15 is 0 Å². The predicted molar refractivity (Wildman–Crippen MR) is 41.9 cm³/mol. The van der Waals surface area contributed by atoms with Gasteiger partial charge in [0.05, 0.1) is 13.5 Å². The van der Waals surface area contributed by atoms with E-state index < -0.39 is 0 Å². The number of nitrogens with zero attached hydrogens (tertiary/aromatic N) is 2. The van der Waals surface area contributed by atoms with Gasteiger partial charge in [0.1, 0.15) is 0 Å². The Morgan fingerprint density at radius 1 is 1.27 bits per heavy atom. The van der Waals surface area contributed by atoms with Crippen LogP contribution in [0, 0.1) is 0 Å². The third-order valence-electron chi connectivity index (χ3n) is 2.23. The fraction of sp³-hybridized carbons (Fsp3) is 1.00. The third-order valence-corrected chi connectivity index (χ3v) is 2.23. The molecular weight excluding hydrogens is 144 g/mol. The highest BCUT2D eigenvalue weighted by atomic mass is 16.3. The van der Waals surface area contributed by atoms with Gasteiger partial charge in [0.2, 0.25) is 0 Å². The summed E-state index contributed by atoms with van der Waals surface area (Å²) in [5.74, 6) is 0. The van der Waals surface area contributed by atoms with Crippen LogP contribution in [0.4, 0.5) is 0 Å². The van der Waals surface area contributed by atoms with Crippen molar-refractivity contribution in [2.24, 2.45) is 0 Å². The minimum absolute atomic E-state index is 0.125. The Morgan fingerprint density at radius 3 is 2.45 bits per heavy atom.